The Labute approximate surface area is 248 Å². The molecule has 0 amide bonds. The highest BCUT2D eigenvalue weighted by atomic mass is 15.2. The molecule has 0 unspecified atom stereocenters. The summed E-state index contributed by atoms with van der Waals surface area (Å²) < 4.78 is 0. The number of anilines is 3. The van der Waals surface area contributed by atoms with E-state index in [0.717, 1.165) is 0 Å². The van der Waals surface area contributed by atoms with Crippen molar-refractivity contribution in [2.75, 3.05) is 4.90 Å². The van der Waals surface area contributed by atoms with E-state index in [4.69, 9.17) is 0 Å². The zero-order valence-electron chi connectivity index (χ0n) is 24.3. The molecule has 0 aromatic heterocycles. The van der Waals surface area contributed by atoms with Crippen LogP contribution in [0.5, 0.6) is 0 Å². The normalized spacial score (nSPS) is 14.2. The van der Waals surface area contributed by atoms with Crippen LogP contribution in [-0.2, 0) is 10.8 Å². The maximum absolute atomic E-state index is 2.44. The molecule has 1 heterocycles. The predicted molar refractivity (Wildman–Crippen MR) is 176 cm³/mol. The zero-order chi connectivity index (χ0) is 28.5. The Morgan fingerprint density at radius 3 is 1.62 bits per heavy atom. The van der Waals surface area contributed by atoms with Crippen molar-refractivity contribution in [3.63, 3.8) is 0 Å². The summed E-state index contributed by atoms with van der Waals surface area (Å²) in [5, 5.41) is 0. The Kier molecular flexibility index (Phi) is 5.37. The van der Waals surface area contributed by atoms with E-state index in [9.17, 15) is 0 Å². The summed E-state index contributed by atoms with van der Waals surface area (Å²) in [4.78, 5) is 2.44. The zero-order valence-corrected chi connectivity index (χ0v) is 24.3. The highest BCUT2D eigenvalue weighted by molar-refractivity contribution is 5.98. The van der Waals surface area contributed by atoms with Gasteiger partial charge < -0.3 is 4.90 Å². The van der Waals surface area contributed by atoms with Crippen molar-refractivity contribution in [2.45, 2.75) is 31.6 Å². The third-order valence-corrected chi connectivity index (χ3v) is 9.23. The summed E-state index contributed by atoms with van der Waals surface area (Å²) in [7, 11) is 0. The monoisotopic (exact) mass is 539 g/mol. The molecule has 42 heavy (non-hydrogen) atoms. The van der Waals surface area contributed by atoms with Crippen LogP contribution in [0.4, 0.5) is 17.1 Å². The molecular formula is C41H33N. The van der Waals surface area contributed by atoms with Crippen LogP contribution in [0.1, 0.15) is 48.6 Å². The third kappa shape index (κ3) is 3.37. The van der Waals surface area contributed by atoms with Gasteiger partial charge in [-0.05, 0) is 79.8 Å². The number of nitrogens with zero attached hydrogens (tertiary/aromatic N) is 1. The Balaban J connectivity index is 1.50. The fraction of sp³-hybridized carbons (Fsp3) is 0.122. The molecule has 0 atom stereocenters. The maximum atomic E-state index is 2.44. The molecule has 8 rings (SSSR count). The molecule has 0 radical (unpaired) electrons. The van der Waals surface area contributed by atoms with E-state index in [1.54, 1.807) is 0 Å². The average molecular weight is 540 g/mol. The van der Waals surface area contributed by atoms with E-state index in [1.165, 1.54) is 67.1 Å². The minimum absolute atomic E-state index is 0.108. The van der Waals surface area contributed by atoms with E-state index < -0.39 is 5.41 Å². The van der Waals surface area contributed by atoms with Crippen molar-refractivity contribution < 1.29 is 0 Å². The molecule has 0 bridgehead atoms. The Bertz CT molecular complexity index is 1910. The number of fused-ring (bicyclic) bond motifs is 9. The van der Waals surface area contributed by atoms with Gasteiger partial charge in [-0.1, -0.05) is 142 Å². The van der Waals surface area contributed by atoms with E-state index in [1.807, 2.05) is 0 Å². The van der Waals surface area contributed by atoms with Gasteiger partial charge in [0.1, 0.15) is 0 Å². The number of benzene rings is 6. The quantitative estimate of drug-likeness (QED) is 0.211. The Hall–Kier alpha value is -4.88. The molecule has 1 heteroatoms. The van der Waals surface area contributed by atoms with Gasteiger partial charge in [-0.15, -0.1) is 0 Å². The molecule has 1 aliphatic carbocycles. The first-order chi connectivity index (χ1) is 20.5. The average Bonchev–Trinajstić information content (AvgIpc) is 3.33. The fourth-order valence-electron chi connectivity index (χ4n) is 7.41. The van der Waals surface area contributed by atoms with Gasteiger partial charge in [-0.3, -0.25) is 0 Å². The summed E-state index contributed by atoms with van der Waals surface area (Å²) >= 11 is 0. The second-order valence-electron chi connectivity index (χ2n) is 12.6. The second kappa shape index (κ2) is 9.06. The Morgan fingerprint density at radius 2 is 0.976 bits per heavy atom. The molecule has 2 aliphatic rings. The van der Waals surface area contributed by atoms with Crippen LogP contribution in [-0.4, -0.2) is 0 Å². The van der Waals surface area contributed by atoms with Crippen LogP contribution >= 0.6 is 0 Å². The van der Waals surface area contributed by atoms with Crippen molar-refractivity contribution in [1.82, 2.24) is 0 Å². The van der Waals surface area contributed by atoms with Gasteiger partial charge in [0.2, 0.25) is 0 Å². The highest BCUT2D eigenvalue weighted by Gasteiger charge is 2.52. The minimum Gasteiger partial charge on any atom is -0.310 e. The lowest BCUT2D eigenvalue weighted by Gasteiger charge is -2.45. The molecule has 6 aromatic carbocycles. The van der Waals surface area contributed by atoms with E-state index in [2.05, 4.69) is 171 Å². The van der Waals surface area contributed by atoms with Gasteiger partial charge in [0.25, 0.3) is 0 Å². The van der Waals surface area contributed by atoms with Crippen LogP contribution in [0.15, 0.2) is 146 Å². The van der Waals surface area contributed by atoms with Crippen LogP contribution in [0.25, 0.3) is 22.3 Å². The first kappa shape index (κ1) is 24.9. The molecule has 6 aromatic rings. The predicted octanol–water partition coefficient (Wildman–Crippen LogP) is 10.8. The van der Waals surface area contributed by atoms with Gasteiger partial charge in [-0.2, -0.15) is 0 Å². The molecule has 1 aliphatic heterocycles. The van der Waals surface area contributed by atoms with Gasteiger partial charge in [0.15, 0.2) is 0 Å². The molecule has 0 fully saturated rings. The minimum atomic E-state index is -0.455. The number of hydrogen-bond acceptors (Lipinski definition) is 1. The van der Waals surface area contributed by atoms with Crippen LogP contribution in [0.3, 0.4) is 0 Å². The summed E-state index contributed by atoms with van der Waals surface area (Å²) in [6, 6.07) is 54.0. The lowest BCUT2D eigenvalue weighted by molar-refractivity contribution is 0.590. The van der Waals surface area contributed by atoms with E-state index >= 15 is 0 Å². The first-order valence-corrected chi connectivity index (χ1v) is 14.9. The van der Waals surface area contributed by atoms with Gasteiger partial charge >= 0.3 is 0 Å². The third-order valence-electron chi connectivity index (χ3n) is 9.23. The fourth-order valence-corrected chi connectivity index (χ4v) is 7.41. The number of hydrogen-bond donors (Lipinski definition) is 0. The SMILES string of the molecule is CC(C)(C)c1ccc(-c2cccc3c2C2(c4ccccc4-3)c3ccccc3N(c3ccccc3)c3ccccc32)cc1. The van der Waals surface area contributed by atoms with Crippen molar-refractivity contribution in [1.29, 1.82) is 0 Å². The van der Waals surface area contributed by atoms with Crippen LogP contribution in [0, 0.1) is 0 Å². The van der Waals surface area contributed by atoms with E-state index in [0.29, 0.717) is 0 Å². The molecular weight excluding hydrogens is 506 g/mol. The molecule has 0 saturated carbocycles. The number of para-hydroxylation sites is 3. The first-order valence-electron chi connectivity index (χ1n) is 14.9. The molecule has 202 valence electrons. The van der Waals surface area contributed by atoms with E-state index in [-0.39, 0.29) is 5.41 Å². The summed E-state index contributed by atoms with van der Waals surface area (Å²) in [6.45, 7) is 6.84. The summed E-state index contributed by atoms with van der Waals surface area (Å²) in [5.74, 6) is 0. The Morgan fingerprint density at radius 1 is 0.452 bits per heavy atom. The van der Waals surface area contributed by atoms with Gasteiger partial charge in [0.05, 0.1) is 16.8 Å². The standard InChI is InChI=1S/C41H33N/c1-40(2,3)29-26-24-28(25-27-29)31-17-13-18-33-32-16-7-8-19-34(32)41(39(31)33)35-20-9-11-22-37(35)42(30-14-5-4-6-15-30)38-23-12-10-21-36(38)41/h4-27H,1-3H3. The van der Waals surface area contributed by atoms with Crippen molar-refractivity contribution >= 4 is 17.1 Å². The van der Waals surface area contributed by atoms with Crippen LogP contribution in [0.2, 0.25) is 0 Å². The largest absolute Gasteiger partial charge is 0.310 e. The lowest BCUT2D eigenvalue weighted by Crippen LogP contribution is -2.36. The smallest absolute Gasteiger partial charge is 0.0760 e. The maximum Gasteiger partial charge on any atom is 0.0760 e. The van der Waals surface area contributed by atoms with Gasteiger partial charge in [-0.25, -0.2) is 0 Å². The topological polar surface area (TPSA) is 3.24 Å². The van der Waals surface area contributed by atoms with Crippen LogP contribution < -0.4 is 4.90 Å². The van der Waals surface area contributed by atoms with Crippen molar-refractivity contribution in [2.24, 2.45) is 0 Å². The summed E-state index contributed by atoms with van der Waals surface area (Å²) in [6.07, 6.45) is 0. The molecule has 0 N–H and O–H groups in total. The summed E-state index contributed by atoms with van der Waals surface area (Å²) in [5.41, 5.74) is 15.2. The lowest BCUT2D eigenvalue weighted by atomic mass is 9.63. The highest BCUT2D eigenvalue weighted by Crippen LogP contribution is 2.64. The van der Waals surface area contributed by atoms with Crippen molar-refractivity contribution in [3.8, 4) is 22.3 Å². The molecule has 1 spiro atoms. The second-order valence-corrected chi connectivity index (χ2v) is 12.6. The van der Waals surface area contributed by atoms with Gasteiger partial charge in [0, 0.05) is 5.69 Å². The number of rotatable bonds is 2. The molecule has 1 nitrogen and oxygen atoms in total. The van der Waals surface area contributed by atoms with Crippen molar-refractivity contribution in [3.05, 3.63) is 173 Å². The molecule has 0 saturated heterocycles.